The number of hydrogen-bond donors (Lipinski definition) is 0. The molecule has 1 aliphatic heterocycles. The van der Waals surface area contributed by atoms with Crippen LogP contribution >= 0.6 is 33.9 Å². The van der Waals surface area contributed by atoms with E-state index in [1.807, 2.05) is 11.1 Å². The first-order valence-corrected chi connectivity index (χ1v) is 6.64. The van der Waals surface area contributed by atoms with E-state index in [0.29, 0.717) is 26.0 Å². The molecule has 0 aromatic carbocycles. The van der Waals surface area contributed by atoms with E-state index in [1.54, 1.807) is 23.3 Å². The lowest BCUT2D eigenvalue weighted by Crippen LogP contribution is -2.49. The molecule has 2 heterocycles. The van der Waals surface area contributed by atoms with Gasteiger partial charge in [0.2, 0.25) is 5.96 Å². The summed E-state index contributed by atoms with van der Waals surface area (Å²) in [7, 11) is 1.80. The van der Waals surface area contributed by atoms with Crippen molar-refractivity contribution in [2.75, 3.05) is 20.5 Å². The number of ether oxygens (including phenoxy) is 1. The van der Waals surface area contributed by atoms with E-state index >= 15 is 0 Å². The molecule has 0 atom stereocenters. The van der Waals surface area contributed by atoms with Gasteiger partial charge in [0.1, 0.15) is 13.5 Å². The van der Waals surface area contributed by atoms with Crippen molar-refractivity contribution in [1.29, 1.82) is 0 Å². The molecule has 0 amide bonds. The molecule has 1 saturated heterocycles. The molecule has 1 aromatic rings. The maximum atomic E-state index is 10.3. The molecule has 0 N–H and O–H groups in total. The highest BCUT2D eigenvalue weighted by molar-refractivity contribution is 14.1. The van der Waals surface area contributed by atoms with Gasteiger partial charge in [-0.05, 0) is 22.6 Å². The molecule has 0 spiro atoms. The summed E-state index contributed by atoms with van der Waals surface area (Å²) in [4.78, 5) is 19.1. The van der Waals surface area contributed by atoms with Gasteiger partial charge in [-0.2, -0.15) is 0 Å². The fourth-order valence-electron chi connectivity index (χ4n) is 1.48. The van der Waals surface area contributed by atoms with Gasteiger partial charge in [0.15, 0.2) is 3.01 Å². The van der Waals surface area contributed by atoms with E-state index in [4.69, 9.17) is 4.74 Å². The minimum Gasteiger partial charge on any atom is -0.341 e. The Labute approximate surface area is 116 Å². The number of nitrogens with zero attached hydrogens (tertiary/aromatic N) is 5. The molecule has 0 bridgehead atoms. The van der Waals surface area contributed by atoms with Crippen molar-refractivity contribution in [2.45, 2.75) is 6.54 Å². The summed E-state index contributed by atoms with van der Waals surface area (Å²) in [5.41, 5.74) is 0. The molecule has 0 unspecified atom stereocenters. The van der Waals surface area contributed by atoms with Gasteiger partial charge in [-0.25, -0.2) is 4.98 Å². The van der Waals surface area contributed by atoms with Crippen LogP contribution in [-0.4, -0.2) is 41.3 Å². The van der Waals surface area contributed by atoms with E-state index < -0.39 is 0 Å². The van der Waals surface area contributed by atoms with Crippen LogP contribution in [-0.2, 0) is 11.3 Å². The number of hydrogen-bond acceptors (Lipinski definition) is 5. The summed E-state index contributed by atoms with van der Waals surface area (Å²) in [5, 5.41) is 6.18. The maximum Gasteiger partial charge on any atom is 0.228 e. The lowest BCUT2D eigenvalue weighted by atomic mass is 10.5. The SMILES string of the molecule is CN1COCN(Cc2cnc(I)s2)/C1=N/N=O. The summed E-state index contributed by atoms with van der Waals surface area (Å²) in [6.45, 7) is 1.41. The largest absolute Gasteiger partial charge is 0.341 e. The second-order valence-corrected chi connectivity index (χ2v) is 6.29. The van der Waals surface area contributed by atoms with E-state index in [0.717, 1.165) is 7.89 Å². The van der Waals surface area contributed by atoms with E-state index in [9.17, 15) is 4.91 Å². The van der Waals surface area contributed by atoms with Gasteiger partial charge in [-0.3, -0.25) is 0 Å². The molecular formula is C8H10IN5O2S. The first-order valence-electron chi connectivity index (χ1n) is 4.75. The number of nitroso groups, excluding NO2 is 1. The molecule has 9 heteroatoms. The van der Waals surface area contributed by atoms with Crippen molar-refractivity contribution in [3.8, 4) is 0 Å². The standard InChI is InChI=1S/C8H10IN5O2S/c1-13-4-16-5-14(8(13)11-12-15)3-6-2-10-7(9)17-6/h2H,3-5H2,1H3/b11-8+. The van der Waals surface area contributed by atoms with Gasteiger partial charge in [0.25, 0.3) is 0 Å². The maximum absolute atomic E-state index is 10.3. The summed E-state index contributed by atoms with van der Waals surface area (Å²) < 4.78 is 6.34. The van der Waals surface area contributed by atoms with Gasteiger partial charge in [-0.15, -0.1) is 16.2 Å². The lowest BCUT2D eigenvalue weighted by Gasteiger charge is -2.35. The highest BCUT2D eigenvalue weighted by atomic mass is 127. The fourth-order valence-corrected chi connectivity index (χ4v) is 3.12. The van der Waals surface area contributed by atoms with Crippen LogP contribution in [0.3, 0.4) is 0 Å². The Morgan fingerprint density at radius 2 is 2.47 bits per heavy atom. The normalized spacial score (nSPS) is 18.8. The lowest BCUT2D eigenvalue weighted by molar-refractivity contribution is -0.0210. The van der Waals surface area contributed by atoms with Crippen LogP contribution in [0.1, 0.15) is 4.88 Å². The van der Waals surface area contributed by atoms with Gasteiger partial charge >= 0.3 is 0 Å². The molecule has 17 heavy (non-hydrogen) atoms. The van der Waals surface area contributed by atoms with E-state index in [2.05, 4.69) is 38.0 Å². The van der Waals surface area contributed by atoms with Crippen LogP contribution in [0.15, 0.2) is 16.6 Å². The minimum atomic E-state index is 0.396. The molecular weight excluding hydrogens is 357 g/mol. The Bertz CT molecular complexity index is 437. The van der Waals surface area contributed by atoms with Crippen molar-refractivity contribution in [3.05, 3.63) is 19.0 Å². The summed E-state index contributed by atoms with van der Waals surface area (Å²) >= 11 is 3.77. The van der Waals surface area contributed by atoms with Crippen LogP contribution in [0.2, 0.25) is 0 Å². The van der Waals surface area contributed by atoms with Crippen molar-refractivity contribution in [3.63, 3.8) is 0 Å². The predicted octanol–water partition coefficient (Wildman–Crippen LogP) is 1.46. The Morgan fingerprint density at radius 3 is 3.12 bits per heavy atom. The van der Waals surface area contributed by atoms with Crippen LogP contribution in [0, 0.1) is 7.92 Å². The fraction of sp³-hybridized carbons (Fsp3) is 0.500. The summed E-state index contributed by atoms with van der Waals surface area (Å²) in [6, 6.07) is 0. The molecule has 0 radical (unpaired) electrons. The van der Waals surface area contributed by atoms with Crippen LogP contribution in [0.4, 0.5) is 0 Å². The Kier molecular flexibility index (Phi) is 4.23. The highest BCUT2D eigenvalue weighted by Gasteiger charge is 2.22. The number of rotatable bonds is 3. The summed E-state index contributed by atoms with van der Waals surface area (Å²) in [5.74, 6) is 0.523. The first kappa shape index (κ1) is 12.6. The number of aromatic nitrogens is 1. The van der Waals surface area contributed by atoms with Crippen molar-refractivity contribution >= 4 is 39.9 Å². The third kappa shape index (κ3) is 3.10. The quantitative estimate of drug-likeness (QED) is 0.460. The topological polar surface area (TPSA) is 70.4 Å². The molecule has 2 rings (SSSR count). The molecule has 0 saturated carbocycles. The predicted molar refractivity (Wildman–Crippen MR) is 72.2 cm³/mol. The highest BCUT2D eigenvalue weighted by Crippen LogP contribution is 2.18. The minimum absolute atomic E-state index is 0.396. The third-order valence-electron chi connectivity index (χ3n) is 2.16. The molecule has 1 fully saturated rings. The zero-order valence-corrected chi connectivity index (χ0v) is 12.0. The number of guanidine groups is 1. The smallest absolute Gasteiger partial charge is 0.228 e. The first-order chi connectivity index (χ1) is 8.20. The third-order valence-corrected chi connectivity index (χ3v) is 3.87. The Balaban J connectivity index is 2.12. The van der Waals surface area contributed by atoms with E-state index in [1.165, 1.54) is 0 Å². The zero-order chi connectivity index (χ0) is 12.3. The van der Waals surface area contributed by atoms with Crippen molar-refractivity contribution < 1.29 is 4.74 Å². The monoisotopic (exact) mass is 367 g/mol. The van der Waals surface area contributed by atoms with Gasteiger partial charge in [-0.1, -0.05) is 5.10 Å². The average molecular weight is 367 g/mol. The van der Waals surface area contributed by atoms with Crippen LogP contribution in [0.25, 0.3) is 0 Å². The molecule has 1 aromatic heterocycles. The number of thiazole rings is 1. The Hall–Kier alpha value is -0.810. The second-order valence-electron chi connectivity index (χ2n) is 3.42. The molecule has 0 aliphatic carbocycles. The summed E-state index contributed by atoms with van der Waals surface area (Å²) in [6.07, 6.45) is 1.81. The van der Waals surface area contributed by atoms with Crippen LogP contribution < -0.4 is 0 Å². The van der Waals surface area contributed by atoms with E-state index in [-0.39, 0.29) is 0 Å². The average Bonchev–Trinajstić information content (AvgIpc) is 2.69. The van der Waals surface area contributed by atoms with Crippen LogP contribution in [0.5, 0.6) is 0 Å². The molecule has 7 nitrogen and oxygen atoms in total. The Morgan fingerprint density at radius 1 is 1.65 bits per heavy atom. The second kappa shape index (κ2) is 5.69. The number of halogens is 1. The van der Waals surface area contributed by atoms with Gasteiger partial charge in [0, 0.05) is 18.1 Å². The van der Waals surface area contributed by atoms with Gasteiger partial charge in [0.05, 0.1) is 11.8 Å². The van der Waals surface area contributed by atoms with Crippen molar-refractivity contribution in [1.82, 2.24) is 14.8 Å². The van der Waals surface area contributed by atoms with Crippen molar-refractivity contribution in [2.24, 2.45) is 10.4 Å². The van der Waals surface area contributed by atoms with Gasteiger partial charge < -0.3 is 14.5 Å². The zero-order valence-electron chi connectivity index (χ0n) is 9.04. The molecule has 1 aliphatic rings. The molecule has 92 valence electrons.